The molecule has 0 unspecified atom stereocenters. The molecule has 35 heavy (non-hydrogen) atoms. The molecule has 5 heteroatoms. The molecule has 1 aromatic heterocycles. The number of fused-ring (bicyclic) bond motifs is 1. The smallest absolute Gasteiger partial charge is 0.310 e. The van der Waals surface area contributed by atoms with Crippen LogP contribution in [0.5, 0.6) is 5.75 Å². The zero-order valence-electron chi connectivity index (χ0n) is 20.7. The van der Waals surface area contributed by atoms with Gasteiger partial charge in [-0.15, -0.1) is 0 Å². The molecule has 0 radical (unpaired) electrons. The van der Waals surface area contributed by atoms with Crippen LogP contribution >= 0.6 is 0 Å². The molecule has 4 aromatic rings. The van der Waals surface area contributed by atoms with E-state index in [1.165, 1.54) is 0 Å². The minimum atomic E-state index is -0.258. The topological polar surface area (TPSA) is 74.7 Å². The van der Waals surface area contributed by atoms with Crippen molar-refractivity contribution in [2.45, 2.75) is 53.2 Å². The van der Waals surface area contributed by atoms with E-state index in [-0.39, 0.29) is 12.4 Å². The summed E-state index contributed by atoms with van der Waals surface area (Å²) in [6.07, 6.45) is 1.98. The highest BCUT2D eigenvalue weighted by Crippen LogP contribution is 2.33. The van der Waals surface area contributed by atoms with E-state index in [1.54, 1.807) is 0 Å². The number of carbonyl (C=O) groups is 1. The van der Waals surface area contributed by atoms with Crippen LogP contribution in [0.4, 0.5) is 0 Å². The Morgan fingerprint density at radius 2 is 1.83 bits per heavy atom. The highest BCUT2D eigenvalue weighted by Gasteiger charge is 2.17. The van der Waals surface area contributed by atoms with Gasteiger partial charge in [-0.05, 0) is 66.8 Å². The van der Waals surface area contributed by atoms with Gasteiger partial charge in [0.2, 0.25) is 0 Å². The van der Waals surface area contributed by atoms with Crippen LogP contribution in [0.2, 0.25) is 0 Å². The summed E-state index contributed by atoms with van der Waals surface area (Å²) in [6.45, 7) is 7.18. The van der Waals surface area contributed by atoms with Crippen LogP contribution in [0.3, 0.4) is 0 Å². The van der Waals surface area contributed by atoms with Crippen LogP contribution in [-0.4, -0.2) is 12.6 Å². The molecule has 2 N–H and O–H groups in total. The lowest BCUT2D eigenvalue weighted by molar-refractivity contribution is -0.142. The summed E-state index contributed by atoms with van der Waals surface area (Å²) in [5.41, 5.74) is 13.0. The van der Waals surface area contributed by atoms with Crippen molar-refractivity contribution < 1.29 is 18.7 Å². The van der Waals surface area contributed by atoms with Gasteiger partial charge < -0.3 is 19.6 Å². The fourth-order valence-corrected chi connectivity index (χ4v) is 4.30. The molecule has 0 aliphatic heterocycles. The molecule has 1 heterocycles. The molecule has 0 spiro atoms. The number of rotatable bonds is 10. The van der Waals surface area contributed by atoms with Gasteiger partial charge in [0.1, 0.15) is 23.7 Å². The maximum absolute atomic E-state index is 12.1. The number of benzene rings is 3. The SMILES string of the molecule is CCCc1oc2ccc(-c3cccc(CN)c3)cc2c1COc1cc(C)ccc1CC(=O)OCC. The fraction of sp³-hybridized carbons (Fsp3) is 0.300. The molecule has 0 atom stereocenters. The van der Waals surface area contributed by atoms with E-state index in [4.69, 9.17) is 19.6 Å². The van der Waals surface area contributed by atoms with Crippen LogP contribution in [0.15, 0.2) is 65.1 Å². The molecular weight excluding hydrogens is 438 g/mol. The average Bonchev–Trinajstić information content (AvgIpc) is 3.20. The number of hydrogen-bond donors (Lipinski definition) is 1. The Labute approximate surface area is 206 Å². The summed E-state index contributed by atoms with van der Waals surface area (Å²) in [6, 6.07) is 20.5. The van der Waals surface area contributed by atoms with E-state index in [1.807, 2.05) is 50.2 Å². The molecule has 5 nitrogen and oxygen atoms in total. The van der Waals surface area contributed by atoms with Crippen LogP contribution in [0.1, 0.15) is 48.3 Å². The van der Waals surface area contributed by atoms with E-state index < -0.39 is 0 Å². The van der Waals surface area contributed by atoms with E-state index in [0.717, 1.165) is 63.0 Å². The minimum absolute atomic E-state index is 0.180. The van der Waals surface area contributed by atoms with E-state index in [0.29, 0.717) is 25.5 Å². The number of ether oxygens (including phenoxy) is 2. The third kappa shape index (κ3) is 5.75. The Morgan fingerprint density at radius 1 is 1.00 bits per heavy atom. The first kappa shape index (κ1) is 24.6. The fourth-order valence-electron chi connectivity index (χ4n) is 4.30. The van der Waals surface area contributed by atoms with Gasteiger partial charge in [0.25, 0.3) is 0 Å². The van der Waals surface area contributed by atoms with Crippen molar-refractivity contribution in [1.29, 1.82) is 0 Å². The van der Waals surface area contributed by atoms with Gasteiger partial charge in [0.05, 0.1) is 13.0 Å². The van der Waals surface area contributed by atoms with Crippen LogP contribution in [0.25, 0.3) is 22.1 Å². The highest BCUT2D eigenvalue weighted by atomic mass is 16.5. The summed E-state index contributed by atoms with van der Waals surface area (Å²) in [7, 11) is 0. The van der Waals surface area contributed by atoms with E-state index in [2.05, 4.69) is 31.2 Å². The van der Waals surface area contributed by atoms with Crippen molar-refractivity contribution in [3.8, 4) is 16.9 Å². The van der Waals surface area contributed by atoms with Crippen molar-refractivity contribution in [1.82, 2.24) is 0 Å². The second kappa shape index (κ2) is 11.2. The normalized spacial score (nSPS) is 11.1. The third-order valence-electron chi connectivity index (χ3n) is 6.08. The molecule has 0 fully saturated rings. The predicted molar refractivity (Wildman–Crippen MR) is 139 cm³/mol. The molecule has 0 amide bonds. The Hall–Kier alpha value is -3.57. The first-order valence-electron chi connectivity index (χ1n) is 12.2. The number of hydrogen-bond acceptors (Lipinski definition) is 5. The lowest BCUT2D eigenvalue weighted by atomic mass is 10.00. The molecule has 0 aliphatic carbocycles. The highest BCUT2D eigenvalue weighted by molar-refractivity contribution is 5.87. The first-order valence-corrected chi connectivity index (χ1v) is 12.2. The maximum atomic E-state index is 12.1. The van der Waals surface area contributed by atoms with Crippen molar-refractivity contribution >= 4 is 16.9 Å². The van der Waals surface area contributed by atoms with Crippen molar-refractivity contribution in [2.24, 2.45) is 5.73 Å². The van der Waals surface area contributed by atoms with Gasteiger partial charge in [0.15, 0.2) is 0 Å². The molecule has 0 saturated heterocycles. The van der Waals surface area contributed by atoms with Crippen LogP contribution in [0, 0.1) is 6.92 Å². The summed E-state index contributed by atoms with van der Waals surface area (Å²) in [4.78, 5) is 12.1. The quantitative estimate of drug-likeness (QED) is 0.267. The molecule has 182 valence electrons. The van der Waals surface area contributed by atoms with Gasteiger partial charge in [-0.1, -0.05) is 43.3 Å². The standard InChI is InChI=1S/C30H33NO4/c1-4-7-27-26(19-34-29-14-20(3)10-11-24(29)17-30(32)33-5-2)25-16-23(12-13-28(25)35-27)22-9-6-8-21(15-22)18-31/h6,8-16H,4-5,7,17-19,31H2,1-3H3. The van der Waals surface area contributed by atoms with E-state index in [9.17, 15) is 4.79 Å². The zero-order chi connectivity index (χ0) is 24.8. The molecule has 4 rings (SSSR count). The molecule has 0 bridgehead atoms. The van der Waals surface area contributed by atoms with Gasteiger partial charge >= 0.3 is 5.97 Å². The number of aryl methyl sites for hydroxylation is 2. The average molecular weight is 472 g/mol. The largest absolute Gasteiger partial charge is 0.488 e. The minimum Gasteiger partial charge on any atom is -0.488 e. The van der Waals surface area contributed by atoms with E-state index >= 15 is 0 Å². The molecule has 0 aliphatic rings. The Bertz CT molecular complexity index is 1320. The summed E-state index contributed by atoms with van der Waals surface area (Å²) in [5, 5.41) is 1.05. The maximum Gasteiger partial charge on any atom is 0.310 e. The number of nitrogens with two attached hydrogens (primary N) is 1. The Kier molecular flexibility index (Phi) is 7.88. The van der Waals surface area contributed by atoms with Crippen LogP contribution in [-0.2, 0) is 35.5 Å². The summed E-state index contributed by atoms with van der Waals surface area (Å²) >= 11 is 0. The van der Waals surface area contributed by atoms with Gasteiger partial charge in [-0.25, -0.2) is 0 Å². The van der Waals surface area contributed by atoms with Crippen molar-refractivity contribution in [3.63, 3.8) is 0 Å². The summed E-state index contributed by atoms with van der Waals surface area (Å²) < 4.78 is 17.7. The van der Waals surface area contributed by atoms with Crippen LogP contribution < -0.4 is 10.5 Å². The predicted octanol–water partition coefficient (Wildman–Crippen LogP) is 6.50. The third-order valence-corrected chi connectivity index (χ3v) is 6.08. The first-order chi connectivity index (χ1) is 17.0. The number of carbonyl (C=O) groups excluding carboxylic acids is 1. The zero-order valence-corrected chi connectivity index (χ0v) is 20.7. The number of esters is 1. The van der Waals surface area contributed by atoms with Crippen molar-refractivity contribution in [3.05, 3.63) is 88.7 Å². The lowest BCUT2D eigenvalue weighted by Crippen LogP contribution is -2.09. The molecule has 0 saturated carbocycles. The molecule has 3 aromatic carbocycles. The van der Waals surface area contributed by atoms with Gasteiger partial charge in [-0.2, -0.15) is 0 Å². The monoisotopic (exact) mass is 471 g/mol. The van der Waals surface area contributed by atoms with Gasteiger partial charge in [0, 0.05) is 29.5 Å². The molecular formula is C30H33NO4. The Balaban J connectivity index is 1.68. The Morgan fingerprint density at radius 3 is 2.60 bits per heavy atom. The summed E-state index contributed by atoms with van der Waals surface area (Å²) in [5.74, 6) is 1.38. The van der Waals surface area contributed by atoms with Crippen molar-refractivity contribution in [2.75, 3.05) is 6.61 Å². The van der Waals surface area contributed by atoms with Gasteiger partial charge in [-0.3, -0.25) is 4.79 Å². The lowest BCUT2D eigenvalue weighted by Gasteiger charge is -2.13. The second-order valence-electron chi connectivity index (χ2n) is 8.75. The number of furan rings is 1. The second-order valence-corrected chi connectivity index (χ2v) is 8.75.